The van der Waals surface area contributed by atoms with E-state index in [9.17, 15) is 0 Å². The molecule has 0 unspecified atom stereocenters. The minimum absolute atomic E-state index is 0.146. The fourth-order valence-electron chi connectivity index (χ4n) is 15.4. The Balaban J connectivity index is 0.886. The van der Waals surface area contributed by atoms with Gasteiger partial charge in [0.15, 0.2) is 0 Å². The van der Waals surface area contributed by atoms with Crippen molar-refractivity contribution in [2.75, 3.05) is 0 Å². The predicted octanol–water partition coefficient (Wildman–Crippen LogP) is 21.1. The number of fused-ring (bicyclic) bond motifs is 24. The Bertz CT molecular complexity index is 5070. The molecule has 0 radical (unpaired) electrons. The van der Waals surface area contributed by atoms with Gasteiger partial charge in [-0.25, -0.2) is 0 Å². The molecule has 14 aromatic carbocycles. The molecule has 2 heteroatoms. The van der Waals surface area contributed by atoms with Gasteiger partial charge in [-0.2, -0.15) is 0 Å². The summed E-state index contributed by atoms with van der Waals surface area (Å²) in [7, 11) is 0. The lowest BCUT2D eigenvalue weighted by Gasteiger charge is -2.21. The molecule has 0 aliphatic heterocycles. The standard InChI is InChI=1S/C78H52N2/c1-77(2)69-27-15-13-25-59(69)63-41-67-65-37-45(29-35-73(65)79(75(67)43-71(63)77)47-31-33-57-53-21-7-5-17-49(53)51-19-9-11-23-55(51)61(57)39-47)46-30-36-74-66(38-46)68-42-64-60-26-14-16-28-70(60)78(3,4)72(64)44-76(68)80(74)48-32-34-58-54-22-8-6-18-50(54)52-20-10-12-24-56(52)62(58)40-48/h5-44H,1-4H3. The molecule has 0 saturated carbocycles. The first-order chi connectivity index (χ1) is 39.2. The van der Waals surface area contributed by atoms with Crippen molar-refractivity contribution in [2.24, 2.45) is 0 Å². The van der Waals surface area contributed by atoms with Gasteiger partial charge in [-0.15, -0.1) is 0 Å². The number of hydrogen-bond donors (Lipinski definition) is 0. The van der Waals surface area contributed by atoms with Gasteiger partial charge < -0.3 is 9.13 Å². The molecule has 0 spiro atoms. The molecule has 2 heterocycles. The van der Waals surface area contributed by atoms with Gasteiger partial charge in [0.05, 0.1) is 22.1 Å². The average Bonchev–Trinajstić information content (AvgIpc) is 4.36. The van der Waals surface area contributed by atoms with Gasteiger partial charge in [0, 0.05) is 43.7 Å². The second-order valence-corrected chi connectivity index (χ2v) is 23.9. The Hall–Kier alpha value is -9.76. The van der Waals surface area contributed by atoms with Crippen molar-refractivity contribution in [2.45, 2.75) is 38.5 Å². The summed E-state index contributed by atoms with van der Waals surface area (Å²) in [6, 6.07) is 92.6. The zero-order valence-corrected chi connectivity index (χ0v) is 45.0. The van der Waals surface area contributed by atoms with Gasteiger partial charge in [-0.1, -0.05) is 198 Å². The highest BCUT2D eigenvalue weighted by Crippen LogP contribution is 2.54. The second-order valence-electron chi connectivity index (χ2n) is 23.9. The summed E-state index contributed by atoms with van der Waals surface area (Å²) in [5.74, 6) is 0. The zero-order valence-electron chi connectivity index (χ0n) is 45.0. The first kappa shape index (κ1) is 44.2. The van der Waals surface area contributed by atoms with Crippen LogP contribution in [-0.4, -0.2) is 9.13 Å². The van der Waals surface area contributed by atoms with E-state index in [1.54, 1.807) is 0 Å². The summed E-state index contributed by atoms with van der Waals surface area (Å²) in [5, 5.41) is 20.4. The van der Waals surface area contributed by atoms with Gasteiger partial charge in [0.1, 0.15) is 0 Å². The molecule has 2 aliphatic rings. The largest absolute Gasteiger partial charge is 0.309 e. The first-order valence-electron chi connectivity index (χ1n) is 28.3. The molecule has 16 aromatic rings. The highest BCUT2D eigenvalue weighted by atomic mass is 15.0. The Morgan fingerprint density at radius 2 is 0.525 bits per heavy atom. The van der Waals surface area contributed by atoms with E-state index in [1.165, 1.54) is 175 Å². The highest BCUT2D eigenvalue weighted by molar-refractivity contribution is 6.27. The lowest BCUT2D eigenvalue weighted by atomic mass is 9.82. The second kappa shape index (κ2) is 15.5. The minimum atomic E-state index is -0.146. The van der Waals surface area contributed by atoms with Crippen LogP contribution in [-0.2, 0) is 10.8 Å². The Morgan fingerprint density at radius 3 is 0.900 bits per heavy atom. The molecular formula is C78H52N2. The number of hydrogen-bond acceptors (Lipinski definition) is 0. The molecular weight excluding hydrogens is 965 g/mol. The third kappa shape index (κ3) is 5.72. The summed E-state index contributed by atoms with van der Waals surface area (Å²) >= 11 is 0. The van der Waals surface area contributed by atoms with E-state index in [4.69, 9.17) is 0 Å². The fraction of sp³-hybridized carbons (Fsp3) is 0.0769. The molecule has 80 heavy (non-hydrogen) atoms. The van der Waals surface area contributed by atoms with Crippen LogP contribution in [0.4, 0.5) is 0 Å². The van der Waals surface area contributed by atoms with Crippen LogP contribution in [0.25, 0.3) is 153 Å². The summed E-state index contributed by atoms with van der Waals surface area (Å²) in [6.45, 7) is 9.58. The first-order valence-corrected chi connectivity index (χ1v) is 28.3. The summed E-state index contributed by atoms with van der Waals surface area (Å²) in [6.07, 6.45) is 0. The SMILES string of the molecule is CC1(C)c2ccccc2-c2cc3c4cc(-c5ccc6c(c5)c5cc7c(cc5n6-c5ccc6c8ccccc8c8ccccc8c6c5)C(C)(C)c5ccccc5-7)ccc4n(-c4ccc5c6ccccc6c6ccccc6c5c4)c3cc21. The molecule has 374 valence electrons. The molecule has 0 bridgehead atoms. The van der Waals surface area contributed by atoms with Crippen LogP contribution < -0.4 is 0 Å². The maximum atomic E-state index is 2.55. The molecule has 0 N–H and O–H groups in total. The van der Waals surface area contributed by atoms with Crippen LogP contribution in [0.1, 0.15) is 49.9 Å². The van der Waals surface area contributed by atoms with E-state index in [0.29, 0.717) is 0 Å². The van der Waals surface area contributed by atoms with E-state index in [0.717, 1.165) is 0 Å². The molecule has 2 nitrogen and oxygen atoms in total. The average molecular weight is 1020 g/mol. The lowest BCUT2D eigenvalue weighted by molar-refractivity contribution is 0.661. The van der Waals surface area contributed by atoms with E-state index < -0.39 is 0 Å². The molecule has 0 saturated heterocycles. The van der Waals surface area contributed by atoms with Crippen molar-refractivity contribution in [1.29, 1.82) is 0 Å². The highest BCUT2D eigenvalue weighted by Gasteiger charge is 2.38. The van der Waals surface area contributed by atoms with Crippen molar-refractivity contribution in [1.82, 2.24) is 9.13 Å². The number of rotatable bonds is 3. The summed E-state index contributed by atoms with van der Waals surface area (Å²) in [5.41, 5.74) is 20.2. The number of aromatic nitrogens is 2. The smallest absolute Gasteiger partial charge is 0.0544 e. The maximum Gasteiger partial charge on any atom is 0.0544 e. The monoisotopic (exact) mass is 1020 g/mol. The van der Waals surface area contributed by atoms with Crippen molar-refractivity contribution in [3.05, 3.63) is 265 Å². The summed E-state index contributed by atoms with van der Waals surface area (Å²) in [4.78, 5) is 0. The summed E-state index contributed by atoms with van der Waals surface area (Å²) < 4.78 is 5.09. The zero-order chi connectivity index (χ0) is 52.9. The molecule has 18 rings (SSSR count). The Morgan fingerprint density at radius 1 is 0.212 bits per heavy atom. The molecule has 0 fully saturated rings. The minimum Gasteiger partial charge on any atom is -0.309 e. The Kier molecular flexibility index (Phi) is 8.57. The van der Waals surface area contributed by atoms with Gasteiger partial charge in [-0.3, -0.25) is 0 Å². The van der Waals surface area contributed by atoms with Crippen LogP contribution in [0.5, 0.6) is 0 Å². The predicted molar refractivity (Wildman–Crippen MR) is 341 cm³/mol. The number of nitrogens with zero attached hydrogens (tertiary/aromatic N) is 2. The normalized spacial score (nSPS) is 14.2. The van der Waals surface area contributed by atoms with Crippen molar-refractivity contribution < 1.29 is 0 Å². The van der Waals surface area contributed by atoms with E-state index in [2.05, 4.69) is 279 Å². The van der Waals surface area contributed by atoms with Crippen LogP contribution in [0.3, 0.4) is 0 Å². The van der Waals surface area contributed by atoms with Gasteiger partial charge in [0.2, 0.25) is 0 Å². The van der Waals surface area contributed by atoms with E-state index in [-0.39, 0.29) is 10.8 Å². The third-order valence-corrected chi connectivity index (χ3v) is 19.2. The van der Waals surface area contributed by atoms with Gasteiger partial charge in [0.25, 0.3) is 0 Å². The van der Waals surface area contributed by atoms with Crippen LogP contribution in [0, 0.1) is 0 Å². The molecule has 2 aliphatic carbocycles. The topological polar surface area (TPSA) is 9.86 Å². The molecule has 2 aromatic heterocycles. The van der Waals surface area contributed by atoms with Crippen LogP contribution in [0.15, 0.2) is 243 Å². The maximum absolute atomic E-state index is 2.55. The van der Waals surface area contributed by atoms with Crippen molar-refractivity contribution >= 4 is 108 Å². The molecule has 0 atom stereocenters. The van der Waals surface area contributed by atoms with Crippen LogP contribution >= 0.6 is 0 Å². The van der Waals surface area contributed by atoms with Gasteiger partial charge in [-0.05, 0) is 193 Å². The number of benzene rings is 14. The van der Waals surface area contributed by atoms with Gasteiger partial charge >= 0.3 is 0 Å². The van der Waals surface area contributed by atoms with E-state index in [1.807, 2.05) is 0 Å². The quantitative estimate of drug-likeness (QED) is 0.156. The van der Waals surface area contributed by atoms with Crippen molar-refractivity contribution in [3.8, 4) is 44.8 Å². The fourth-order valence-corrected chi connectivity index (χ4v) is 15.4. The third-order valence-electron chi connectivity index (χ3n) is 19.2. The Labute approximate surface area is 463 Å². The van der Waals surface area contributed by atoms with E-state index >= 15 is 0 Å². The lowest BCUT2D eigenvalue weighted by Crippen LogP contribution is -2.14. The van der Waals surface area contributed by atoms with Crippen LogP contribution in [0.2, 0.25) is 0 Å². The molecule has 0 amide bonds. The van der Waals surface area contributed by atoms with Crippen molar-refractivity contribution in [3.63, 3.8) is 0 Å².